The molecule has 0 aliphatic heterocycles. The maximum Gasteiger partial charge on any atom is 0.331 e. The first-order valence-corrected chi connectivity index (χ1v) is 9.79. The third kappa shape index (κ3) is 5.43. The lowest BCUT2D eigenvalue weighted by Gasteiger charge is -2.18. The monoisotopic (exact) mass is 436 g/mol. The highest BCUT2D eigenvalue weighted by Crippen LogP contribution is 2.26. The van der Waals surface area contributed by atoms with Gasteiger partial charge < -0.3 is 10.1 Å². The van der Waals surface area contributed by atoms with E-state index in [1.165, 1.54) is 6.08 Å². The van der Waals surface area contributed by atoms with E-state index in [2.05, 4.69) is 16.9 Å². The number of amides is 1. The average molecular weight is 436 g/mol. The Hall–Kier alpha value is -3.87. The molecular weight excluding hydrogens is 414 g/mol. The number of pyridine rings is 1. The molecule has 1 N–H and O–H groups in total. The smallest absolute Gasteiger partial charge is 0.331 e. The van der Waals surface area contributed by atoms with E-state index in [1.807, 2.05) is 12.1 Å². The number of carbonyl (C=O) groups is 2. The molecule has 0 spiro atoms. The van der Waals surface area contributed by atoms with Crippen LogP contribution in [0.1, 0.15) is 36.7 Å². The van der Waals surface area contributed by atoms with Gasteiger partial charge in [0.1, 0.15) is 5.60 Å². The summed E-state index contributed by atoms with van der Waals surface area (Å²) in [4.78, 5) is 29.2. The Morgan fingerprint density at radius 3 is 2.38 bits per heavy atom. The molecule has 7 heteroatoms. The normalized spacial score (nSPS) is 11.5. The Morgan fingerprint density at radius 2 is 1.69 bits per heavy atom. The lowest BCUT2D eigenvalue weighted by atomic mass is 9.99. The van der Waals surface area contributed by atoms with Gasteiger partial charge in [0.25, 0.3) is 5.91 Å². The predicted octanol–water partition coefficient (Wildman–Crippen LogP) is 5.68. The molecule has 0 saturated carbocycles. The van der Waals surface area contributed by atoms with E-state index < -0.39 is 29.1 Å². The number of fused-ring (bicyclic) bond motifs is 1. The molecule has 5 nitrogen and oxygen atoms in total. The molecule has 0 aliphatic rings. The summed E-state index contributed by atoms with van der Waals surface area (Å²) in [6, 6.07) is 10.5. The highest BCUT2D eigenvalue weighted by Gasteiger charge is 2.19. The van der Waals surface area contributed by atoms with Crippen molar-refractivity contribution < 1.29 is 23.1 Å². The van der Waals surface area contributed by atoms with E-state index in [4.69, 9.17) is 4.74 Å². The summed E-state index contributed by atoms with van der Waals surface area (Å²) < 4.78 is 33.1. The maximum absolute atomic E-state index is 14.0. The minimum Gasteiger partial charge on any atom is -0.457 e. The van der Waals surface area contributed by atoms with Crippen molar-refractivity contribution in [1.82, 2.24) is 4.98 Å². The van der Waals surface area contributed by atoms with Crippen LogP contribution in [0.2, 0.25) is 0 Å². The van der Waals surface area contributed by atoms with Gasteiger partial charge in [0.05, 0.1) is 16.8 Å². The molecule has 0 saturated heterocycles. The lowest BCUT2D eigenvalue weighted by Crippen LogP contribution is -2.22. The molecule has 3 rings (SSSR count). The number of anilines is 1. The summed E-state index contributed by atoms with van der Waals surface area (Å²) in [5, 5.41) is 3.50. The van der Waals surface area contributed by atoms with Gasteiger partial charge in [-0.2, -0.15) is 0 Å². The quantitative estimate of drug-likeness (QED) is 0.318. The highest BCUT2D eigenvalue weighted by atomic mass is 19.2. The standard InChI is InChI=1S/C25H22F2N2O3/c1-15(10-11-22(30)32-25(2,3)4)17-13-19(26)20(27)14-18(17)24(31)29-21-9-5-7-16-8-6-12-28-23(16)21/h5-14H,1H2,2-4H3,(H,29,31)/b11-10+. The Kier molecular flexibility index (Phi) is 6.48. The van der Waals surface area contributed by atoms with Gasteiger partial charge >= 0.3 is 5.97 Å². The van der Waals surface area contributed by atoms with Crippen LogP contribution in [0.25, 0.3) is 16.5 Å². The second-order valence-electron chi connectivity index (χ2n) is 8.04. The second kappa shape index (κ2) is 9.09. The zero-order valence-corrected chi connectivity index (χ0v) is 17.9. The number of allylic oxidation sites excluding steroid dienone is 2. The van der Waals surface area contributed by atoms with Crippen LogP contribution in [-0.4, -0.2) is 22.5 Å². The van der Waals surface area contributed by atoms with E-state index in [9.17, 15) is 18.4 Å². The van der Waals surface area contributed by atoms with Gasteiger partial charge in [0, 0.05) is 17.7 Å². The number of carbonyl (C=O) groups excluding carboxylic acids is 2. The number of aromatic nitrogens is 1. The van der Waals surface area contributed by atoms with Crippen LogP contribution in [0.4, 0.5) is 14.5 Å². The number of halogens is 2. The molecule has 0 radical (unpaired) electrons. The fraction of sp³-hybridized carbons (Fsp3) is 0.160. The Morgan fingerprint density at radius 1 is 1.03 bits per heavy atom. The Labute approximate surface area is 184 Å². The molecule has 1 heterocycles. The molecule has 0 unspecified atom stereocenters. The van der Waals surface area contributed by atoms with Gasteiger partial charge in [0.2, 0.25) is 0 Å². The Balaban J connectivity index is 1.93. The predicted molar refractivity (Wildman–Crippen MR) is 120 cm³/mol. The first-order chi connectivity index (χ1) is 15.0. The average Bonchev–Trinajstić information content (AvgIpc) is 2.72. The van der Waals surface area contributed by atoms with Gasteiger partial charge in [-0.1, -0.05) is 24.8 Å². The molecule has 0 bridgehead atoms. The van der Waals surface area contributed by atoms with Crippen molar-refractivity contribution in [3.63, 3.8) is 0 Å². The number of hydrogen-bond donors (Lipinski definition) is 1. The molecule has 32 heavy (non-hydrogen) atoms. The molecule has 164 valence electrons. The van der Waals surface area contributed by atoms with Gasteiger partial charge in [-0.15, -0.1) is 0 Å². The number of ether oxygens (including phenoxy) is 1. The van der Waals surface area contributed by atoms with Crippen molar-refractivity contribution in [2.24, 2.45) is 0 Å². The molecule has 0 atom stereocenters. The SMILES string of the molecule is C=C(/C=C/C(=O)OC(C)(C)C)c1cc(F)c(F)cc1C(=O)Nc1cccc2cccnc12. The molecule has 0 fully saturated rings. The summed E-state index contributed by atoms with van der Waals surface area (Å²) in [7, 11) is 0. The lowest BCUT2D eigenvalue weighted by molar-refractivity contribution is -0.148. The molecule has 2 aromatic carbocycles. The largest absolute Gasteiger partial charge is 0.457 e. The van der Waals surface area contributed by atoms with E-state index in [-0.39, 0.29) is 16.7 Å². The van der Waals surface area contributed by atoms with Crippen LogP contribution in [0.15, 0.2) is 67.4 Å². The van der Waals surface area contributed by atoms with E-state index >= 15 is 0 Å². The van der Waals surface area contributed by atoms with E-state index in [1.54, 1.807) is 45.2 Å². The second-order valence-corrected chi connectivity index (χ2v) is 8.04. The van der Waals surface area contributed by atoms with Crippen molar-refractivity contribution >= 4 is 34.0 Å². The number of benzene rings is 2. The van der Waals surface area contributed by atoms with Crippen LogP contribution in [0, 0.1) is 11.6 Å². The van der Waals surface area contributed by atoms with Crippen molar-refractivity contribution in [3.8, 4) is 0 Å². The molecule has 3 aromatic rings. The van der Waals surface area contributed by atoms with Gasteiger partial charge in [0.15, 0.2) is 11.6 Å². The zero-order chi connectivity index (χ0) is 23.5. The fourth-order valence-electron chi connectivity index (χ4n) is 2.99. The van der Waals surface area contributed by atoms with E-state index in [0.717, 1.165) is 23.6 Å². The number of rotatable bonds is 5. The number of esters is 1. The van der Waals surface area contributed by atoms with Gasteiger partial charge in [-0.3, -0.25) is 9.78 Å². The van der Waals surface area contributed by atoms with Crippen LogP contribution >= 0.6 is 0 Å². The van der Waals surface area contributed by atoms with Gasteiger partial charge in [-0.25, -0.2) is 13.6 Å². The summed E-state index contributed by atoms with van der Waals surface area (Å²) >= 11 is 0. The van der Waals surface area contributed by atoms with Gasteiger partial charge in [-0.05, 0) is 62.2 Å². The van der Waals surface area contributed by atoms with Crippen LogP contribution in [0.3, 0.4) is 0 Å². The van der Waals surface area contributed by atoms with Crippen molar-refractivity contribution in [2.75, 3.05) is 5.32 Å². The number of nitrogens with one attached hydrogen (secondary N) is 1. The number of hydrogen-bond acceptors (Lipinski definition) is 4. The minimum atomic E-state index is -1.18. The number of nitrogens with zero attached hydrogens (tertiary/aromatic N) is 1. The number of para-hydroxylation sites is 1. The molecule has 1 amide bonds. The van der Waals surface area contributed by atoms with Crippen molar-refractivity contribution in [1.29, 1.82) is 0 Å². The zero-order valence-electron chi connectivity index (χ0n) is 17.9. The summed E-state index contributed by atoms with van der Waals surface area (Å²) in [5.74, 6) is -3.63. The van der Waals surface area contributed by atoms with E-state index in [0.29, 0.717) is 11.2 Å². The van der Waals surface area contributed by atoms with Crippen molar-refractivity contribution in [3.05, 3.63) is 90.2 Å². The third-order valence-electron chi connectivity index (χ3n) is 4.36. The topological polar surface area (TPSA) is 68.3 Å². The maximum atomic E-state index is 14.0. The summed E-state index contributed by atoms with van der Waals surface area (Å²) in [6.45, 7) is 8.94. The minimum absolute atomic E-state index is 0.0365. The van der Waals surface area contributed by atoms with Crippen molar-refractivity contribution in [2.45, 2.75) is 26.4 Å². The third-order valence-corrected chi connectivity index (χ3v) is 4.36. The highest BCUT2D eigenvalue weighted by molar-refractivity contribution is 6.11. The van der Waals surface area contributed by atoms with Crippen LogP contribution < -0.4 is 5.32 Å². The Bertz CT molecular complexity index is 1240. The molecule has 0 aliphatic carbocycles. The van der Waals surface area contributed by atoms with Crippen LogP contribution in [-0.2, 0) is 9.53 Å². The summed E-state index contributed by atoms with van der Waals surface area (Å²) in [6.07, 6.45) is 3.99. The molecule has 1 aromatic heterocycles. The summed E-state index contributed by atoms with van der Waals surface area (Å²) in [5.41, 5.74) is 0.304. The first kappa shape index (κ1) is 22.8. The van der Waals surface area contributed by atoms with Crippen LogP contribution in [0.5, 0.6) is 0 Å². The molecular formula is C25H22F2N2O3. The fourth-order valence-corrected chi connectivity index (χ4v) is 2.99. The first-order valence-electron chi connectivity index (χ1n) is 9.79.